The monoisotopic (exact) mass is 617 g/mol. The lowest BCUT2D eigenvalue weighted by Gasteiger charge is -2.10. The van der Waals surface area contributed by atoms with Crippen LogP contribution in [0.15, 0.2) is 164 Å². The summed E-state index contributed by atoms with van der Waals surface area (Å²) in [7, 11) is 0. The Morgan fingerprint density at radius 3 is 1.62 bits per heavy atom. The zero-order chi connectivity index (χ0) is 31.2. The van der Waals surface area contributed by atoms with Crippen LogP contribution in [-0.4, -0.2) is 15.0 Å². The number of hydrogen-bond donors (Lipinski definition) is 0. The fourth-order valence-electron chi connectivity index (χ4n) is 6.45. The molecule has 4 heteroatoms. The van der Waals surface area contributed by atoms with Crippen LogP contribution in [0.1, 0.15) is 0 Å². The van der Waals surface area contributed by atoms with E-state index in [0.29, 0.717) is 17.5 Å². The summed E-state index contributed by atoms with van der Waals surface area (Å²) in [5.41, 5.74) is 7.59. The number of aromatic nitrogens is 3. The van der Waals surface area contributed by atoms with Gasteiger partial charge in [0.2, 0.25) is 0 Å². The summed E-state index contributed by atoms with van der Waals surface area (Å²) in [4.78, 5) is 14.7. The molecule has 0 bridgehead atoms. The SMILES string of the molecule is c1ccc(-c2nc(-c3ccccc3)nc(-c3cccc(-c4ccc(-c5cccc6sc7ccc8ccccc8c7c56)cc4)c3)n2)cc1. The second-order valence-corrected chi connectivity index (χ2v) is 12.7. The maximum absolute atomic E-state index is 4.94. The summed E-state index contributed by atoms with van der Waals surface area (Å²) in [6, 6.07) is 57.5. The van der Waals surface area contributed by atoms with E-state index in [1.807, 2.05) is 72.0 Å². The lowest BCUT2D eigenvalue weighted by atomic mass is 9.95. The van der Waals surface area contributed by atoms with Crippen molar-refractivity contribution in [3.63, 3.8) is 0 Å². The fraction of sp³-hybridized carbons (Fsp3) is 0. The van der Waals surface area contributed by atoms with Crippen molar-refractivity contribution in [2.45, 2.75) is 0 Å². The lowest BCUT2D eigenvalue weighted by molar-refractivity contribution is 1.07. The Balaban J connectivity index is 1.12. The van der Waals surface area contributed by atoms with Gasteiger partial charge in [0.25, 0.3) is 0 Å². The molecule has 0 saturated heterocycles. The average molecular weight is 618 g/mol. The van der Waals surface area contributed by atoms with Crippen molar-refractivity contribution in [1.82, 2.24) is 15.0 Å². The molecular weight excluding hydrogens is 591 g/mol. The van der Waals surface area contributed by atoms with Gasteiger partial charge in [-0.15, -0.1) is 11.3 Å². The Morgan fingerprint density at radius 1 is 0.340 bits per heavy atom. The Bertz CT molecular complexity index is 2500. The second kappa shape index (κ2) is 11.4. The zero-order valence-corrected chi connectivity index (χ0v) is 26.2. The molecule has 2 heterocycles. The van der Waals surface area contributed by atoms with Gasteiger partial charge < -0.3 is 0 Å². The molecule has 0 N–H and O–H groups in total. The topological polar surface area (TPSA) is 38.7 Å². The molecule has 220 valence electrons. The fourth-order valence-corrected chi connectivity index (χ4v) is 7.59. The first-order chi connectivity index (χ1) is 23.3. The molecule has 0 spiro atoms. The molecule has 0 aliphatic rings. The molecule has 0 saturated carbocycles. The van der Waals surface area contributed by atoms with Gasteiger partial charge in [-0.2, -0.15) is 0 Å². The summed E-state index contributed by atoms with van der Waals surface area (Å²) in [6.45, 7) is 0. The zero-order valence-electron chi connectivity index (χ0n) is 25.3. The third kappa shape index (κ3) is 4.96. The molecule has 0 amide bonds. The van der Waals surface area contributed by atoms with E-state index < -0.39 is 0 Å². The van der Waals surface area contributed by atoms with Gasteiger partial charge in [-0.3, -0.25) is 0 Å². The number of thiophene rings is 1. The summed E-state index contributed by atoms with van der Waals surface area (Å²) >= 11 is 1.87. The van der Waals surface area contributed by atoms with Gasteiger partial charge in [0.15, 0.2) is 17.5 Å². The smallest absolute Gasteiger partial charge is 0.164 e. The first kappa shape index (κ1) is 27.3. The van der Waals surface area contributed by atoms with Crippen LogP contribution >= 0.6 is 11.3 Å². The Labute approximate surface area is 276 Å². The van der Waals surface area contributed by atoms with Crippen molar-refractivity contribution in [2.75, 3.05) is 0 Å². The van der Waals surface area contributed by atoms with Crippen molar-refractivity contribution < 1.29 is 0 Å². The minimum Gasteiger partial charge on any atom is -0.208 e. The van der Waals surface area contributed by atoms with Gasteiger partial charge in [0.1, 0.15) is 0 Å². The third-order valence-corrected chi connectivity index (χ3v) is 9.86. The van der Waals surface area contributed by atoms with E-state index in [4.69, 9.17) is 15.0 Å². The van der Waals surface area contributed by atoms with Gasteiger partial charge in [-0.25, -0.2) is 15.0 Å². The highest BCUT2D eigenvalue weighted by Crippen LogP contribution is 2.43. The summed E-state index contributed by atoms with van der Waals surface area (Å²) in [5.74, 6) is 1.97. The Kier molecular flexibility index (Phi) is 6.65. The van der Waals surface area contributed by atoms with Crippen LogP contribution in [-0.2, 0) is 0 Å². The molecule has 0 unspecified atom stereocenters. The van der Waals surface area contributed by atoms with Crippen LogP contribution in [0.5, 0.6) is 0 Å². The predicted octanol–water partition coefficient (Wildman–Crippen LogP) is 11.7. The van der Waals surface area contributed by atoms with Gasteiger partial charge >= 0.3 is 0 Å². The van der Waals surface area contributed by atoms with Crippen molar-refractivity contribution in [3.8, 4) is 56.4 Å². The molecule has 9 rings (SSSR count). The van der Waals surface area contributed by atoms with Crippen molar-refractivity contribution in [1.29, 1.82) is 0 Å². The molecule has 3 nitrogen and oxygen atoms in total. The van der Waals surface area contributed by atoms with Crippen LogP contribution in [0.25, 0.3) is 87.4 Å². The van der Waals surface area contributed by atoms with Crippen LogP contribution in [0.3, 0.4) is 0 Å². The molecule has 0 aliphatic heterocycles. The first-order valence-corrected chi connectivity index (χ1v) is 16.5. The molecule has 0 aliphatic carbocycles. The highest BCUT2D eigenvalue weighted by Gasteiger charge is 2.15. The van der Waals surface area contributed by atoms with Gasteiger partial charge in [-0.1, -0.05) is 146 Å². The third-order valence-electron chi connectivity index (χ3n) is 8.74. The number of hydrogen-bond acceptors (Lipinski definition) is 4. The molecular formula is C43H27N3S. The van der Waals surface area contributed by atoms with Gasteiger partial charge in [-0.05, 0) is 51.2 Å². The molecule has 0 radical (unpaired) electrons. The number of fused-ring (bicyclic) bond motifs is 5. The van der Waals surface area contributed by atoms with E-state index in [1.165, 1.54) is 42.1 Å². The Hall–Kier alpha value is -5.97. The van der Waals surface area contributed by atoms with Gasteiger partial charge in [0.05, 0.1) is 0 Å². The minimum absolute atomic E-state index is 0.652. The van der Waals surface area contributed by atoms with Crippen LogP contribution in [0, 0.1) is 0 Å². The normalized spacial score (nSPS) is 11.4. The lowest BCUT2D eigenvalue weighted by Crippen LogP contribution is -2.00. The second-order valence-electron chi connectivity index (χ2n) is 11.6. The molecule has 9 aromatic rings. The van der Waals surface area contributed by atoms with Crippen molar-refractivity contribution in [2.24, 2.45) is 0 Å². The van der Waals surface area contributed by atoms with Crippen LogP contribution in [0.4, 0.5) is 0 Å². The van der Waals surface area contributed by atoms with Crippen LogP contribution < -0.4 is 0 Å². The summed E-state index contributed by atoms with van der Waals surface area (Å²) in [6.07, 6.45) is 0. The van der Waals surface area contributed by atoms with E-state index in [9.17, 15) is 0 Å². The average Bonchev–Trinajstić information content (AvgIpc) is 3.55. The molecule has 7 aromatic carbocycles. The summed E-state index contributed by atoms with van der Waals surface area (Å²) in [5, 5.41) is 5.26. The van der Waals surface area contributed by atoms with E-state index in [2.05, 4.69) is 103 Å². The van der Waals surface area contributed by atoms with E-state index in [-0.39, 0.29) is 0 Å². The minimum atomic E-state index is 0.652. The van der Waals surface area contributed by atoms with E-state index in [0.717, 1.165) is 27.8 Å². The largest absolute Gasteiger partial charge is 0.208 e. The number of rotatable bonds is 5. The highest BCUT2D eigenvalue weighted by molar-refractivity contribution is 7.26. The van der Waals surface area contributed by atoms with Crippen molar-refractivity contribution >= 4 is 42.3 Å². The predicted molar refractivity (Wildman–Crippen MR) is 197 cm³/mol. The Morgan fingerprint density at radius 2 is 0.894 bits per heavy atom. The molecule has 0 fully saturated rings. The maximum atomic E-state index is 4.94. The van der Waals surface area contributed by atoms with E-state index >= 15 is 0 Å². The molecule has 0 atom stereocenters. The quantitative estimate of drug-likeness (QED) is 0.193. The first-order valence-electron chi connectivity index (χ1n) is 15.7. The van der Waals surface area contributed by atoms with E-state index in [1.54, 1.807) is 0 Å². The van der Waals surface area contributed by atoms with Crippen molar-refractivity contribution in [3.05, 3.63) is 164 Å². The standard InChI is InChI=1S/C43H27N3S/c1-3-12-31(13-4-1)41-44-42(32-14-5-2-6-15-32)46-43(45-41)34-17-9-16-33(27-34)28-21-23-30(24-22-28)36-19-10-20-37-39(36)40-35-18-8-7-11-29(35)25-26-38(40)47-37/h1-27H. The van der Waals surface area contributed by atoms with Gasteiger partial charge in [0, 0.05) is 36.9 Å². The number of benzene rings is 7. The highest BCUT2D eigenvalue weighted by atomic mass is 32.1. The maximum Gasteiger partial charge on any atom is 0.164 e. The number of nitrogens with zero attached hydrogens (tertiary/aromatic N) is 3. The molecule has 2 aromatic heterocycles. The summed E-state index contributed by atoms with van der Waals surface area (Å²) < 4.78 is 2.64. The molecule has 47 heavy (non-hydrogen) atoms. The van der Waals surface area contributed by atoms with Crippen LogP contribution in [0.2, 0.25) is 0 Å².